The van der Waals surface area contributed by atoms with E-state index in [0.717, 1.165) is 38.0 Å². The lowest BCUT2D eigenvalue weighted by Gasteiger charge is -2.28. The van der Waals surface area contributed by atoms with Gasteiger partial charge in [0.15, 0.2) is 5.54 Å². The third-order valence-electron chi connectivity index (χ3n) is 8.12. The molecule has 4 aromatic rings. The highest BCUT2D eigenvalue weighted by atomic mass is 35.5. The Morgan fingerprint density at radius 2 is 1.93 bits per heavy atom. The van der Waals surface area contributed by atoms with Gasteiger partial charge in [-0.15, -0.1) is 12.0 Å². The second kappa shape index (κ2) is 10.8. The van der Waals surface area contributed by atoms with E-state index in [9.17, 15) is 13.2 Å². The summed E-state index contributed by atoms with van der Waals surface area (Å²) in [5.41, 5.74) is 8.71. The highest BCUT2D eigenvalue weighted by Gasteiger charge is 2.67. The largest absolute Gasteiger partial charge is 0.413 e. The second-order valence-corrected chi connectivity index (χ2v) is 13.1. The van der Waals surface area contributed by atoms with Crippen molar-refractivity contribution in [2.75, 3.05) is 17.2 Å². The monoisotopic (exact) mass is 619 g/mol. The van der Waals surface area contributed by atoms with Crippen LogP contribution in [0.2, 0.25) is 5.02 Å². The summed E-state index contributed by atoms with van der Waals surface area (Å²) in [4.78, 5) is 8.87. The van der Waals surface area contributed by atoms with Crippen LogP contribution in [0.15, 0.2) is 60.8 Å². The summed E-state index contributed by atoms with van der Waals surface area (Å²) in [6, 6.07) is 8.94. The summed E-state index contributed by atoms with van der Waals surface area (Å²) < 4.78 is 42.1. The van der Waals surface area contributed by atoms with E-state index in [-0.39, 0.29) is 18.3 Å². The van der Waals surface area contributed by atoms with Crippen LogP contribution in [0.1, 0.15) is 56.3 Å². The molecule has 2 aromatic heterocycles. The van der Waals surface area contributed by atoms with E-state index >= 15 is 0 Å². The Labute approximate surface area is 259 Å². The second-order valence-electron chi connectivity index (χ2n) is 12.7. The molecule has 228 valence electrons. The zero-order chi connectivity index (χ0) is 31.4. The summed E-state index contributed by atoms with van der Waals surface area (Å²) in [7, 11) is 0. The summed E-state index contributed by atoms with van der Waals surface area (Å²) in [6.45, 7) is 8.98. The minimum absolute atomic E-state index is 0.0151. The maximum Gasteiger partial charge on any atom is 0.413 e. The number of terminal acetylenes is 1. The van der Waals surface area contributed by atoms with Gasteiger partial charge in [-0.05, 0) is 53.8 Å². The first-order valence-electron chi connectivity index (χ1n) is 14.3. The summed E-state index contributed by atoms with van der Waals surface area (Å²) in [6.07, 6.45) is 8.19. The lowest BCUT2D eigenvalue weighted by Crippen LogP contribution is -2.52. The molecule has 1 fully saturated rings. The summed E-state index contributed by atoms with van der Waals surface area (Å²) >= 11 is 6.80. The molecule has 0 amide bonds. The van der Waals surface area contributed by atoms with Gasteiger partial charge in [0.1, 0.15) is 0 Å². The fraction of sp³-hybridized carbons (Fsp3) is 0.333. The van der Waals surface area contributed by atoms with Gasteiger partial charge in [-0.1, -0.05) is 56.5 Å². The van der Waals surface area contributed by atoms with E-state index in [1.165, 1.54) is 6.20 Å². The number of aryl methyl sites for hydroxylation is 1. The van der Waals surface area contributed by atoms with Crippen molar-refractivity contribution >= 4 is 44.7 Å². The standard InChI is InChI=1S/C33H33ClF3N7/c1-6-20-16-39-29-24(28(20)40-18-31(3,4)5)12-22(13-25(29)34)41-30(23-9-7-8-21-15-38-14-19(2)27(21)23)26-17-44(43-42-26)32(10-11-32)33(35,36)37/h1,7-9,12-17,30,41-43H,10-11,18H2,2-5H3,(H,39,40)/t30-/m0/s1. The van der Waals surface area contributed by atoms with E-state index in [1.807, 2.05) is 31.2 Å². The number of anilines is 2. The summed E-state index contributed by atoms with van der Waals surface area (Å²) in [5, 5.41) is 11.2. The lowest BCUT2D eigenvalue weighted by atomic mass is 9.95. The van der Waals surface area contributed by atoms with Crippen LogP contribution in [-0.4, -0.2) is 33.2 Å². The molecule has 44 heavy (non-hydrogen) atoms. The molecule has 3 heterocycles. The van der Waals surface area contributed by atoms with Gasteiger partial charge < -0.3 is 16.1 Å². The van der Waals surface area contributed by atoms with Gasteiger partial charge in [0.25, 0.3) is 0 Å². The van der Waals surface area contributed by atoms with Crippen molar-refractivity contribution in [2.45, 2.75) is 58.3 Å². The van der Waals surface area contributed by atoms with Crippen LogP contribution in [-0.2, 0) is 0 Å². The average Bonchev–Trinajstić information content (AvgIpc) is 3.65. The Balaban J connectivity index is 1.48. The SMILES string of the molecule is C#Cc1cnc2c(Cl)cc(N[C@H](C3=CN(C4(C(F)(F)F)CC4)NN3)c3cccc4cncc(C)c34)cc2c1NCC(C)(C)C. The highest BCUT2D eigenvalue weighted by molar-refractivity contribution is 6.35. The van der Waals surface area contributed by atoms with Crippen LogP contribution < -0.4 is 21.6 Å². The predicted octanol–water partition coefficient (Wildman–Crippen LogP) is 7.60. The normalized spacial score (nSPS) is 16.8. The fourth-order valence-corrected chi connectivity index (χ4v) is 5.93. The molecular formula is C33H33ClF3N7. The first-order valence-corrected chi connectivity index (χ1v) is 14.7. The molecule has 1 atom stereocenters. The van der Waals surface area contributed by atoms with Crippen molar-refractivity contribution in [1.29, 1.82) is 0 Å². The Morgan fingerprint density at radius 3 is 2.61 bits per heavy atom. The number of benzene rings is 2. The van der Waals surface area contributed by atoms with Crippen molar-refractivity contribution in [3.05, 3.63) is 82.5 Å². The number of hydrogen-bond acceptors (Lipinski definition) is 7. The van der Waals surface area contributed by atoms with Gasteiger partial charge >= 0.3 is 6.18 Å². The Bertz CT molecular complexity index is 1830. The smallest absolute Gasteiger partial charge is 0.383 e. The first kappa shape index (κ1) is 29.9. The van der Waals surface area contributed by atoms with Crippen molar-refractivity contribution in [3.8, 4) is 12.3 Å². The lowest BCUT2D eigenvalue weighted by molar-refractivity contribution is -0.195. The molecule has 4 N–H and O–H groups in total. The molecule has 1 aliphatic carbocycles. The minimum Gasteiger partial charge on any atom is -0.383 e. The Morgan fingerprint density at radius 1 is 1.16 bits per heavy atom. The zero-order valence-corrected chi connectivity index (χ0v) is 25.6. The molecule has 2 aliphatic rings. The molecule has 1 aliphatic heterocycles. The maximum absolute atomic E-state index is 14.0. The average molecular weight is 620 g/mol. The Hall–Kier alpha value is -4.20. The van der Waals surface area contributed by atoms with E-state index in [4.69, 9.17) is 18.0 Å². The van der Waals surface area contributed by atoms with Crippen LogP contribution in [0.5, 0.6) is 0 Å². The van der Waals surface area contributed by atoms with E-state index in [0.29, 0.717) is 34.0 Å². The van der Waals surface area contributed by atoms with Crippen LogP contribution in [0.25, 0.3) is 21.7 Å². The van der Waals surface area contributed by atoms with Crippen molar-refractivity contribution in [3.63, 3.8) is 0 Å². The van der Waals surface area contributed by atoms with Gasteiger partial charge in [0.05, 0.1) is 33.5 Å². The first-order chi connectivity index (χ1) is 20.8. The molecule has 1 saturated carbocycles. The topological polar surface area (TPSA) is 77.1 Å². The van der Waals surface area contributed by atoms with Crippen LogP contribution in [0, 0.1) is 24.7 Å². The quantitative estimate of drug-likeness (QED) is 0.159. The van der Waals surface area contributed by atoms with Gasteiger partial charge in [-0.25, -0.2) is 0 Å². The number of nitrogens with zero attached hydrogens (tertiary/aromatic N) is 3. The minimum atomic E-state index is -4.39. The van der Waals surface area contributed by atoms with Crippen LogP contribution in [0.4, 0.5) is 24.5 Å². The van der Waals surface area contributed by atoms with E-state index < -0.39 is 17.8 Å². The molecule has 2 aromatic carbocycles. The molecule has 0 unspecified atom stereocenters. The maximum atomic E-state index is 14.0. The summed E-state index contributed by atoms with van der Waals surface area (Å²) in [5.74, 6) is 2.72. The molecule has 11 heteroatoms. The molecule has 7 nitrogen and oxygen atoms in total. The number of alkyl halides is 3. The molecule has 0 saturated heterocycles. The number of rotatable bonds is 7. The van der Waals surface area contributed by atoms with Crippen molar-refractivity contribution in [1.82, 2.24) is 25.9 Å². The van der Waals surface area contributed by atoms with Crippen LogP contribution in [0.3, 0.4) is 0 Å². The predicted molar refractivity (Wildman–Crippen MR) is 170 cm³/mol. The zero-order valence-electron chi connectivity index (χ0n) is 24.8. The van der Waals surface area contributed by atoms with Crippen LogP contribution >= 0.6 is 11.6 Å². The van der Waals surface area contributed by atoms with Crippen molar-refractivity contribution in [2.24, 2.45) is 5.41 Å². The number of nitrogens with one attached hydrogen (secondary N) is 4. The molecule has 0 radical (unpaired) electrons. The molecular weight excluding hydrogens is 587 g/mol. The van der Waals surface area contributed by atoms with E-state index in [2.05, 4.69) is 58.3 Å². The Kier molecular flexibility index (Phi) is 7.30. The van der Waals surface area contributed by atoms with Gasteiger partial charge in [0, 0.05) is 47.8 Å². The van der Waals surface area contributed by atoms with Gasteiger partial charge in [-0.2, -0.15) is 13.2 Å². The number of pyridine rings is 2. The number of hydrazine groups is 2. The van der Waals surface area contributed by atoms with Gasteiger partial charge in [-0.3, -0.25) is 15.0 Å². The van der Waals surface area contributed by atoms with Crippen molar-refractivity contribution < 1.29 is 13.2 Å². The third-order valence-corrected chi connectivity index (χ3v) is 8.40. The highest BCUT2D eigenvalue weighted by Crippen LogP contribution is 2.54. The number of fused-ring (bicyclic) bond motifs is 2. The van der Waals surface area contributed by atoms with E-state index in [1.54, 1.807) is 24.7 Å². The third kappa shape index (κ3) is 5.35. The number of halogens is 4. The number of aromatic nitrogens is 2. The molecule has 0 spiro atoms. The molecule has 0 bridgehead atoms. The molecule has 6 rings (SSSR count). The number of hydrogen-bond donors (Lipinski definition) is 4. The van der Waals surface area contributed by atoms with Gasteiger partial charge in [0.2, 0.25) is 0 Å². The fourth-order valence-electron chi connectivity index (χ4n) is 5.66.